The lowest BCUT2D eigenvalue weighted by atomic mass is 10.2. The van der Waals surface area contributed by atoms with Gasteiger partial charge < -0.3 is 5.73 Å². The van der Waals surface area contributed by atoms with Crippen LogP contribution in [0.2, 0.25) is 0 Å². The van der Waals surface area contributed by atoms with E-state index in [0.717, 1.165) is 12.2 Å². The Balaban J connectivity index is 4.42. The number of halogens is 3. The normalized spacial score (nSPS) is 12.8. The lowest BCUT2D eigenvalue weighted by Gasteiger charge is -2.04. The van der Waals surface area contributed by atoms with Crippen molar-refractivity contribution >= 4 is 0 Å². The summed E-state index contributed by atoms with van der Waals surface area (Å²) in [5, 5.41) is 0. The first-order valence-corrected chi connectivity index (χ1v) is 2.73. The minimum absolute atomic E-state index is 0.0488. The Morgan fingerprint density at radius 1 is 1.36 bits per heavy atom. The van der Waals surface area contributed by atoms with Crippen LogP contribution in [0.3, 0.4) is 0 Å². The van der Waals surface area contributed by atoms with E-state index >= 15 is 0 Å². The summed E-state index contributed by atoms with van der Waals surface area (Å²) < 4.78 is 35.1. The Kier molecular flexibility index (Phi) is 2.92. The van der Waals surface area contributed by atoms with Crippen molar-refractivity contribution in [2.45, 2.75) is 6.18 Å². The van der Waals surface area contributed by atoms with Crippen LogP contribution in [0.1, 0.15) is 0 Å². The molecule has 0 aromatic rings. The number of hydrogen-bond donors (Lipinski definition) is 1. The molecule has 0 aromatic heterocycles. The van der Waals surface area contributed by atoms with Crippen molar-refractivity contribution in [1.29, 1.82) is 0 Å². The average molecular weight is 163 g/mol. The van der Waals surface area contributed by atoms with E-state index in [2.05, 4.69) is 13.2 Å². The van der Waals surface area contributed by atoms with Crippen LogP contribution in [-0.4, -0.2) is 6.18 Å². The van der Waals surface area contributed by atoms with E-state index in [1.165, 1.54) is 0 Å². The third kappa shape index (κ3) is 3.50. The van der Waals surface area contributed by atoms with Crippen LogP contribution >= 0.6 is 0 Å². The molecule has 0 heterocycles. The Morgan fingerprint density at radius 2 is 1.82 bits per heavy atom. The molecule has 0 bridgehead atoms. The smallest absolute Gasteiger partial charge is 0.399 e. The SMILES string of the molecule is C=C/C(N)=C\C(=C)C(F)(F)F. The van der Waals surface area contributed by atoms with Crippen molar-refractivity contribution in [3.63, 3.8) is 0 Å². The molecule has 0 spiro atoms. The molecular formula is C7H8F3N. The molecule has 0 aliphatic heterocycles. The van der Waals surface area contributed by atoms with Gasteiger partial charge in [-0.05, 0) is 12.2 Å². The van der Waals surface area contributed by atoms with Crippen LogP contribution in [0.4, 0.5) is 13.2 Å². The van der Waals surface area contributed by atoms with E-state index in [9.17, 15) is 13.2 Å². The number of rotatable bonds is 2. The number of nitrogens with two attached hydrogens (primary N) is 1. The summed E-state index contributed by atoms with van der Waals surface area (Å²) in [5.74, 6) is 0. The molecule has 4 heteroatoms. The predicted molar refractivity (Wildman–Crippen MR) is 37.7 cm³/mol. The molecule has 0 saturated heterocycles. The van der Waals surface area contributed by atoms with Crippen molar-refractivity contribution < 1.29 is 13.2 Å². The first-order chi connectivity index (χ1) is 4.88. The molecule has 0 fully saturated rings. The van der Waals surface area contributed by atoms with E-state index < -0.39 is 11.7 Å². The molecule has 0 unspecified atom stereocenters. The fourth-order valence-electron chi connectivity index (χ4n) is 0.342. The van der Waals surface area contributed by atoms with Crippen molar-refractivity contribution in [3.05, 3.63) is 36.6 Å². The standard InChI is InChI=1S/C7H8F3N/c1-3-6(11)4-5(2)7(8,9)10/h3-4H,1-2,11H2/b6-4+. The van der Waals surface area contributed by atoms with Crippen molar-refractivity contribution in [1.82, 2.24) is 0 Å². The molecule has 0 amide bonds. The van der Waals surface area contributed by atoms with Crippen LogP contribution in [0.25, 0.3) is 0 Å². The van der Waals surface area contributed by atoms with Crippen molar-refractivity contribution in [2.75, 3.05) is 0 Å². The van der Waals surface area contributed by atoms with Gasteiger partial charge in [0, 0.05) is 5.70 Å². The summed E-state index contributed by atoms with van der Waals surface area (Å²) in [6, 6.07) is 0. The van der Waals surface area contributed by atoms with E-state index in [0.29, 0.717) is 0 Å². The summed E-state index contributed by atoms with van der Waals surface area (Å²) in [5.41, 5.74) is 4.03. The second-order valence-electron chi connectivity index (χ2n) is 1.87. The molecule has 0 aliphatic carbocycles. The molecule has 11 heavy (non-hydrogen) atoms. The third-order valence-corrected chi connectivity index (χ3v) is 0.941. The Bertz CT molecular complexity index is 200. The van der Waals surface area contributed by atoms with E-state index in [4.69, 9.17) is 5.73 Å². The fraction of sp³-hybridized carbons (Fsp3) is 0.143. The molecule has 2 N–H and O–H groups in total. The highest BCUT2D eigenvalue weighted by Gasteiger charge is 2.30. The van der Waals surface area contributed by atoms with Gasteiger partial charge in [-0.25, -0.2) is 0 Å². The van der Waals surface area contributed by atoms with Gasteiger partial charge in [0.15, 0.2) is 0 Å². The zero-order chi connectivity index (χ0) is 9.07. The highest BCUT2D eigenvalue weighted by molar-refractivity contribution is 5.27. The molecule has 0 aliphatic rings. The molecule has 0 rings (SSSR count). The van der Waals surface area contributed by atoms with Crippen molar-refractivity contribution in [3.8, 4) is 0 Å². The Hall–Kier alpha value is -1.19. The number of alkyl halides is 3. The third-order valence-electron chi connectivity index (χ3n) is 0.941. The van der Waals surface area contributed by atoms with Gasteiger partial charge in [-0.2, -0.15) is 13.2 Å². The maximum absolute atomic E-state index is 11.7. The zero-order valence-electron chi connectivity index (χ0n) is 5.78. The molecule has 62 valence electrons. The van der Waals surface area contributed by atoms with E-state index in [1.807, 2.05) is 0 Å². The monoisotopic (exact) mass is 163 g/mol. The quantitative estimate of drug-likeness (QED) is 0.620. The van der Waals surface area contributed by atoms with Crippen molar-refractivity contribution in [2.24, 2.45) is 5.73 Å². The highest BCUT2D eigenvalue weighted by Crippen LogP contribution is 2.25. The summed E-state index contributed by atoms with van der Waals surface area (Å²) >= 11 is 0. The lowest BCUT2D eigenvalue weighted by molar-refractivity contribution is -0.0878. The lowest BCUT2D eigenvalue weighted by Crippen LogP contribution is -2.10. The highest BCUT2D eigenvalue weighted by atomic mass is 19.4. The summed E-state index contributed by atoms with van der Waals surface area (Å²) in [6.45, 7) is 5.98. The van der Waals surface area contributed by atoms with Gasteiger partial charge in [-0.3, -0.25) is 0 Å². The number of hydrogen-bond acceptors (Lipinski definition) is 1. The molecular weight excluding hydrogens is 155 g/mol. The molecule has 1 nitrogen and oxygen atoms in total. The second kappa shape index (κ2) is 3.27. The zero-order valence-corrected chi connectivity index (χ0v) is 5.78. The first kappa shape index (κ1) is 9.81. The molecule has 0 atom stereocenters. The van der Waals surface area contributed by atoms with E-state index in [1.54, 1.807) is 0 Å². The van der Waals surface area contributed by atoms with Crippen LogP contribution in [0.15, 0.2) is 36.6 Å². The fourth-order valence-corrected chi connectivity index (χ4v) is 0.342. The van der Waals surface area contributed by atoms with Gasteiger partial charge in [0.25, 0.3) is 0 Å². The molecule has 0 radical (unpaired) electrons. The average Bonchev–Trinajstić information content (AvgIpc) is 1.85. The number of allylic oxidation sites excluding steroid dienone is 3. The van der Waals surface area contributed by atoms with Crippen LogP contribution in [0.5, 0.6) is 0 Å². The Labute approximate surface area is 62.7 Å². The Morgan fingerprint density at radius 3 is 2.09 bits per heavy atom. The van der Waals surface area contributed by atoms with Crippen LogP contribution in [0, 0.1) is 0 Å². The second-order valence-corrected chi connectivity index (χ2v) is 1.87. The molecule has 0 saturated carbocycles. The molecule has 0 aromatic carbocycles. The maximum Gasteiger partial charge on any atom is 0.415 e. The van der Waals surface area contributed by atoms with Crippen LogP contribution in [-0.2, 0) is 0 Å². The van der Waals surface area contributed by atoms with Gasteiger partial charge in [0.2, 0.25) is 0 Å². The summed E-state index contributed by atoms with van der Waals surface area (Å²) in [7, 11) is 0. The minimum atomic E-state index is -4.41. The summed E-state index contributed by atoms with van der Waals surface area (Å²) in [6.07, 6.45) is -2.56. The van der Waals surface area contributed by atoms with Crippen LogP contribution < -0.4 is 5.73 Å². The van der Waals surface area contributed by atoms with Gasteiger partial charge in [0.05, 0.1) is 5.57 Å². The predicted octanol–water partition coefficient (Wildman–Crippen LogP) is 2.13. The topological polar surface area (TPSA) is 26.0 Å². The van der Waals surface area contributed by atoms with E-state index in [-0.39, 0.29) is 5.70 Å². The maximum atomic E-state index is 11.7. The first-order valence-electron chi connectivity index (χ1n) is 2.73. The largest absolute Gasteiger partial charge is 0.415 e. The van der Waals surface area contributed by atoms with Gasteiger partial charge in [-0.1, -0.05) is 13.2 Å². The van der Waals surface area contributed by atoms with Gasteiger partial charge >= 0.3 is 6.18 Å². The van der Waals surface area contributed by atoms with Gasteiger partial charge in [0.1, 0.15) is 0 Å². The minimum Gasteiger partial charge on any atom is -0.399 e. The summed E-state index contributed by atoms with van der Waals surface area (Å²) in [4.78, 5) is 0. The van der Waals surface area contributed by atoms with Gasteiger partial charge in [-0.15, -0.1) is 0 Å².